The largest absolute Gasteiger partial charge is 0.370 e. The molecule has 2 aromatic heterocycles. The predicted octanol–water partition coefficient (Wildman–Crippen LogP) is 2.24. The summed E-state index contributed by atoms with van der Waals surface area (Å²) >= 11 is 0. The lowest BCUT2D eigenvalue weighted by Crippen LogP contribution is -2.53. The van der Waals surface area contributed by atoms with Crippen molar-refractivity contribution >= 4 is 40.2 Å². The Kier molecular flexibility index (Phi) is 6.42. The van der Waals surface area contributed by atoms with Gasteiger partial charge in [-0.2, -0.15) is 0 Å². The average molecular weight is 483 g/mol. The van der Waals surface area contributed by atoms with Gasteiger partial charge in [-0.1, -0.05) is 30.9 Å². The fraction of sp³-hybridized carbons (Fsp3) is 0.192. The molecule has 182 valence electrons. The van der Waals surface area contributed by atoms with Crippen LogP contribution in [0.5, 0.6) is 0 Å². The Bertz CT molecular complexity index is 1360. The van der Waals surface area contributed by atoms with Crippen molar-refractivity contribution in [1.29, 1.82) is 0 Å². The summed E-state index contributed by atoms with van der Waals surface area (Å²) < 4.78 is 0. The number of aromatic nitrogens is 3. The summed E-state index contributed by atoms with van der Waals surface area (Å²) in [4.78, 5) is 38.8. The summed E-state index contributed by atoms with van der Waals surface area (Å²) in [5.74, 6) is 0.0288. The molecule has 4 heterocycles. The molecule has 1 unspecified atom stereocenters. The molecule has 3 aromatic rings. The van der Waals surface area contributed by atoms with E-state index < -0.39 is 17.4 Å². The molecule has 0 bridgehead atoms. The van der Waals surface area contributed by atoms with Gasteiger partial charge >= 0.3 is 0 Å². The Labute approximate surface area is 208 Å². The van der Waals surface area contributed by atoms with Gasteiger partial charge < -0.3 is 21.3 Å². The fourth-order valence-corrected chi connectivity index (χ4v) is 4.28. The molecule has 10 nitrogen and oxygen atoms in total. The summed E-state index contributed by atoms with van der Waals surface area (Å²) in [7, 11) is 0. The van der Waals surface area contributed by atoms with Crippen molar-refractivity contribution in [2.45, 2.75) is 18.0 Å². The quantitative estimate of drug-likeness (QED) is 0.322. The third-order valence-electron chi connectivity index (χ3n) is 6.11. The standard InChI is InChI=1S/C26H26N8O2/c1-2-22(35)33-24(36)26(11-3-4-12-30-26)20-7-5-6-17-14-29-25(34-23(17)20)32-18-8-9-21(28-16-18)31-19-10-13-27-15-19/h2-9,11-12,14,16,19,27,30H,1,10,13,15H2,(H,28,31)(H,29,32,34)(H,33,35,36)/t19?,26-/m0/s1. The molecule has 1 saturated heterocycles. The topological polar surface area (TPSA) is 133 Å². The van der Waals surface area contributed by atoms with Gasteiger partial charge in [-0.25, -0.2) is 15.0 Å². The highest BCUT2D eigenvalue weighted by Crippen LogP contribution is 2.32. The molecule has 0 spiro atoms. The van der Waals surface area contributed by atoms with E-state index in [1.807, 2.05) is 24.3 Å². The first kappa shape index (κ1) is 23.2. The van der Waals surface area contributed by atoms with Gasteiger partial charge in [0, 0.05) is 29.7 Å². The molecular weight excluding hydrogens is 456 g/mol. The Morgan fingerprint density at radius 1 is 1.14 bits per heavy atom. The van der Waals surface area contributed by atoms with Crippen LogP contribution in [-0.4, -0.2) is 45.9 Å². The number of anilines is 3. The van der Waals surface area contributed by atoms with E-state index in [0.717, 1.165) is 42.5 Å². The number of benzene rings is 1. The van der Waals surface area contributed by atoms with Gasteiger partial charge in [0.25, 0.3) is 5.91 Å². The van der Waals surface area contributed by atoms with E-state index in [4.69, 9.17) is 4.98 Å². The number of rotatable bonds is 7. The zero-order chi connectivity index (χ0) is 25.0. The molecule has 5 N–H and O–H groups in total. The van der Waals surface area contributed by atoms with Crippen LogP contribution < -0.4 is 26.6 Å². The maximum absolute atomic E-state index is 13.3. The van der Waals surface area contributed by atoms with E-state index in [1.165, 1.54) is 0 Å². The number of pyridine rings is 1. The molecule has 2 aliphatic rings. The molecule has 1 aromatic carbocycles. The smallest absolute Gasteiger partial charge is 0.261 e. The molecule has 0 aliphatic carbocycles. The van der Waals surface area contributed by atoms with E-state index in [0.29, 0.717) is 23.1 Å². The summed E-state index contributed by atoms with van der Waals surface area (Å²) in [5, 5.41) is 16.1. The minimum Gasteiger partial charge on any atom is -0.370 e. The van der Waals surface area contributed by atoms with E-state index >= 15 is 0 Å². The van der Waals surface area contributed by atoms with Crippen molar-refractivity contribution in [2.24, 2.45) is 0 Å². The number of imide groups is 1. The van der Waals surface area contributed by atoms with Crippen LogP contribution in [0.1, 0.15) is 12.0 Å². The third-order valence-corrected chi connectivity index (χ3v) is 6.11. The van der Waals surface area contributed by atoms with E-state index in [1.54, 1.807) is 42.9 Å². The first-order valence-corrected chi connectivity index (χ1v) is 11.6. The Balaban J connectivity index is 1.45. The summed E-state index contributed by atoms with van der Waals surface area (Å²) in [5.41, 5.74) is 0.513. The number of nitrogens with zero attached hydrogens (tertiary/aromatic N) is 3. The monoisotopic (exact) mass is 482 g/mol. The average Bonchev–Trinajstić information content (AvgIpc) is 3.43. The maximum Gasteiger partial charge on any atom is 0.261 e. The number of hydrogen-bond donors (Lipinski definition) is 5. The fourth-order valence-electron chi connectivity index (χ4n) is 4.28. The summed E-state index contributed by atoms with van der Waals surface area (Å²) in [6, 6.07) is 9.68. The number of nitrogens with one attached hydrogen (secondary N) is 5. The highest BCUT2D eigenvalue weighted by Gasteiger charge is 2.40. The van der Waals surface area contributed by atoms with Crippen LogP contribution in [0.2, 0.25) is 0 Å². The van der Waals surface area contributed by atoms with Crippen molar-refractivity contribution in [3.8, 4) is 0 Å². The molecule has 2 amide bonds. The van der Waals surface area contributed by atoms with Gasteiger partial charge in [-0.3, -0.25) is 14.9 Å². The highest BCUT2D eigenvalue weighted by molar-refractivity contribution is 6.07. The van der Waals surface area contributed by atoms with Crippen LogP contribution >= 0.6 is 0 Å². The zero-order valence-corrected chi connectivity index (χ0v) is 19.5. The molecule has 5 rings (SSSR count). The second-order valence-corrected chi connectivity index (χ2v) is 8.52. The second-order valence-electron chi connectivity index (χ2n) is 8.52. The van der Waals surface area contributed by atoms with Crippen LogP contribution in [0, 0.1) is 0 Å². The number of carbonyl (C=O) groups is 2. The number of para-hydroxylation sites is 1. The third kappa shape index (κ3) is 4.66. The minimum atomic E-state index is -1.34. The van der Waals surface area contributed by atoms with E-state index in [9.17, 15) is 9.59 Å². The molecule has 0 saturated carbocycles. The van der Waals surface area contributed by atoms with Gasteiger partial charge in [-0.15, -0.1) is 0 Å². The highest BCUT2D eigenvalue weighted by atomic mass is 16.2. The van der Waals surface area contributed by atoms with E-state index in [-0.39, 0.29) is 0 Å². The van der Waals surface area contributed by atoms with Gasteiger partial charge in [0.1, 0.15) is 5.82 Å². The van der Waals surface area contributed by atoms with Gasteiger partial charge in [0.2, 0.25) is 11.9 Å². The molecule has 0 radical (unpaired) electrons. The number of fused-ring (bicyclic) bond motifs is 1. The molecule has 2 atom stereocenters. The van der Waals surface area contributed by atoms with Gasteiger partial charge in [-0.05, 0) is 49.5 Å². The van der Waals surface area contributed by atoms with Crippen molar-refractivity contribution < 1.29 is 9.59 Å². The lowest BCUT2D eigenvalue weighted by atomic mass is 9.85. The number of allylic oxidation sites excluding steroid dienone is 2. The van der Waals surface area contributed by atoms with Crippen molar-refractivity contribution in [3.63, 3.8) is 0 Å². The SMILES string of the molecule is C=CC(=O)NC(=O)[C@@]1(c2cccc3cnc(Nc4ccc(NC5CCNC5)nc4)nc23)C=CC=CN1. The number of hydrogen-bond acceptors (Lipinski definition) is 9. The molecular formula is C26H26N8O2. The lowest BCUT2D eigenvalue weighted by Gasteiger charge is -2.32. The van der Waals surface area contributed by atoms with Crippen LogP contribution in [-0.2, 0) is 15.1 Å². The summed E-state index contributed by atoms with van der Waals surface area (Å²) in [6.45, 7) is 5.36. The molecule has 2 aliphatic heterocycles. The van der Waals surface area contributed by atoms with Crippen molar-refractivity contribution in [1.82, 2.24) is 30.9 Å². The second kappa shape index (κ2) is 9.96. The predicted molar refractivity (Wildman–Crippen MR) is 138 cm³/mol. The van der Waals surface area contributed by atoms with Crippen LogP contribution in [0.25, 0.3) is 10.9 Å². The Morgan fingerprint density at radius 3 is 2.78 bits per heavy atom. The number of dihydropyridines is 1. The number of carbonyl (C=O) groups excluding carboxylic acids is 2. The Morgan fingerprint density at radius 2 is 2.06 bits per heavy atom. The molecule has 36 heavy (non-hydrogen) atoms. The molecule has 10 heteroatoms. The summed E-state index contributed by atoms with van der Waals surface area (Å²) in [6.07, 6.45) is 12.4. The molecule has 1 fully saturated rings. The van der Waals surface area contributed by atoms with Crippen molar-refractivity contribution in [3.05, 3.63) is 85.4 Å². The normalized spacial score (nSPS) is 20.5. The number of amides is 2. The van der Waals surface area contributed by atoms with E-state index in [2.05, 4.69) is 43.1 Å². The lowest BCUT2D eigenvalue weighted by molar-refractivity contribution is -0.131. The zero-order valence-electron chi connectivity index (χ0n) is 19.5. The minimum absolute atomic E-state index is 0.352. The van der Waals surface area contributed by atoms with Crippen LogP contribution in [0.3, 0.4) is 0 Å². The maximum atomic E-state index is 13.3. The van der Waals surface area contributed by atoms with Gasteiger partial charge in [0.05, 0.1) is 17.4 Å². The first-order chi connectivity index (χ1) is 17.6. The van der Waals surface area contributed by atoms with Gasteiger partial charge in [0.15, 0.2) is 5.54 Å². The van der Waals surface area contributed by atoms with Crippen molar-refractivity contribution in [2.75, 3.05) is 23.7 Å². The van der Waals surface area contributed by atoms with Crippen LogP contribution in [0.15, 0.2) is 79.8 Å². The van der Waals surface area contributed by atoms with Crippen LogP contribution in [0.4, 0.5) is 17.5 Å². The Hall–Kier alpha value is -4.57. The first-order valence-electron chi connectivity index (χ1n) is 11.6.